The largest absolute Gasteiger partial charge is 0.480 e. The number of rotatable bonds is 3. The molecule has 9 heteroatoms. The maximum Gasteiger partial charge on any atom is 0.323 e. The number of nitrogens with one attached hydrogen (secondary N) is 1. The van der Waals surface area contributed by atoms with E-state index in [1.165, 1.54) is 12.1 Å². The highest BCUT2D eigenvalue weighted by Gasteiger charge is 2.38. The Balaban J connectivity index is 2.37. The summed E-state index contributed by atoms with van der Waals surface area (Å²) < 4.78 is 25.7. The van der Waals surface area contributed by atoms with Crippen LogP contribution in [-0.4, -0.2) is 49.5 Å². The van der Waals surface area contributed by atoms with Crippen LogP contribution in [0.3, 0.4) is 0 Å². The zero-order chi connectivity index (χ0) is 14.0. The van der Waals surface area contributed by atoms with Crippen molar-refractivity contribution in [3.8, 4) is 6.07 Å². The first kappa shape index (κ1) is 14.0. The summed E-state index contributed by atoms with van der Waals surface area (Å²) in [6.07, 6.45) is 0. The van der Waals surface area contributed by atoms with Gasteiger partial charge in [-0.05, 0) is 12.1 Å². The third-order valence-electron chi connectivity index (χ3n) is 2.73. The number of thiophene rings is 1. The standard InChI is InChI=1S/C10H11N3O4S2/c11-5-7-1-2-9(18-7)19(16,17)13-4-3-12-6-8(13)10(14)15/h1-2,8,12H,3-4,6H2,(H,14,15). The number of carbonyl (C=O) groups is 1. The second-order valence-corrected chi connectivity index (χ2v) is 7.11. The van der Waals surface area contributed by atoms with Crippen LogP contribution < -0.4 is 5.32 Å². The zero-order valence-corrected chi connectivity index (χ0v) is 11.4. The second kappa shape index (κ2) is 5.26. The van der Waals surface area contributed by atoms with Crippen molar-refractivity contribution in [3.63, 3.8) is 0 Å². The molecular weight excluding hydrogens is 290 g/mol. The summed E-state index contributed by atoms with van der Waals surface area (Å²) in [5.74, 6) is -1.19. The topological polar surface area (TPSA) is 111 Å². The molecule has 0 saturated carbocycles. The van der Waals surface area contributed by atoms with Crippen molar-refractivity contribution in [1.82, 2.24) is 9.62 Å². The van der Waals surface area contributed by atoms with E-state index in [2.05, 4.69) is 5.32 Å². The molecule has 1 saturated heterocycles. The van der Waals surface area contributed by atoms with E-state index in [0.717, 1.165) is 15.6 Å². The molecule has 1 unspecified atom stereocenters. The Hall–Kier alpha value is -1.47. The predicted molar refractivity (Wildman–Crippen MR) is 67.2 cm³/mol. The molecule has 1 aliphatic heterocycles. The van der Waals surface area contributed by atoms with Crippen LogP contribution in [-0.2, 0) is 14.8 Å². The lowest BCUT2D eigenvalue weighted by atomic mass is 10.2. The summed E-state index contributed by atoms with van der Waals surface area (Å²) in [5, 5.41) is 20.6. The molecule has 102 valence electrons. The Morgan fingerprint density at radius 1 is 1.58 bits per heavy atom. The lowest BCUT2D eigenvalue weighted by molar-refractivity contribution is -0.141. The third-order valence-corrected chi connectivity index (χ3v) is 6.10. The first-order valence-corrected chi connectivity index (χ1v) is 7.68. The lowest BCUT2D eigenvalue weighted by Crippen LogP contribution is -2.56. The SMILES string of the molecule is N#Cc1ccc(S(=O)(=O)N2CCNCC2C(=O)O)s1. The number of nitrogens with zero attached hydrogens (tertiary/aromatic N) is 2. The van der Waals surface area contributed by atoms with Gasteiger partial charge in [-0.1, -0.05) is 0 Å². The molecule has 2 N–H and O–H groups in total. The first-order valence-electron chi connectivity index (χ1n) is 5.42. The number of carboxylic acids is 1. The van der Waals surface area contributed by atoms with Gasteiger partial charge in [0, 0.05) is 19.6 Å². The Labute approximate surface area is 114 Å². The second-order valence-electron chi connectivity index (χ2n) is 3.90. The molecule has 7 nitrogen and oxygen atoms in total. The normalized spacial score (nSPS) is 20.9. The minimum atomic E-state index is -3.87. The number of hydrogen-bond donors (Lipinski definition) is 2. The minimum absolute atomic E-state index is 0.00259. The molecule has 0 amide bonds. The number of hydrogen-bond acceptors (Lipinski definition) is 6. The van der Waals surface area contributed by atoms with Gasteiger partial charge in [0.15, 0.2) is 0 Å². The highest BCUT2D eigenvalue weighted by Crippen LogP contribution is 2.26. The predicted octanol–water partition coefficient (Wildman–Crippen LogP) is -0.333. The van der Waals surface area contributed by atoms with Crippen molar-refractivity contribution in [2.75, 3.05) is 19.6 Å². The Morgan fingerprint density at radius 3 is 2.89 bits per heavy atom. The maximum atomic E-state index is 12.4. The van der Waals surface area contributed by atoms with Crippen molar-refractivity contribution < 1.29 is 18.3 Å². The maximum absolute atomic E-state index is 12.4. The first-order chi connectivity index (χ1) is 8.96. The van der Waals surface area contributed by atoms with Gasteiger partial charge >= 0.3 is 5.97 Å². The van der Waals surface area contributed by atoms with Gasteiger partial charge in [-0.3, -0.25) is 4.79 Å². The quantitative estimate of drug-likeness (QED) is 0.790. The summed E-state index contributed by atoms with van der Waals surface area (Å²) >= 11 is 0.843. The van der Waals surface area contributed by atoms with E-state index in [9.17, 15) is 13.2 Å². The molecule has 2 rings (SSSR count). The van der Waals surface area contributed by atoms with Crippen molar-refractivity contribution in [2.45, 2.75) is 10.3 Å². The number of piperazine rings is 1. The molecule has 19 heavy (non-hydrogen) atoms. The van der Waals surface area contributed by atoms with E-state index in [0.29, 0.717) is 6.54 Å². The number of aliphatic carboxylic acids is 1. The van der Waals surface area contributed by atoms with Crippen molar-refractivity contribution in [1.29, 1.82) is 5.26 Å². The lowest BCUT2D eigenvalue weighted by Gasteiger charge is -2.31. The average molecular weight is 301 g/mol. The van der Waals surface area contributed by atoms with Crippen LogP contribution in [0.2, 0.25) is 0 Å². The van der Waals surface area contributed by atoms with Crippen LogP contribution in [0.15, 0.2) is 16.3 Å². The van der Waals surface area contributed by atoms with E-state index < -0.39 is 22.0 Å². The fourth-order valence-corrected chi connectivity index (χ4v) is 4.63. The number of sulfonamides is 1. The average Bonchev–Trinajstić information content (AvgIpc) is 2.88. The molecule has 1 aromatic rings. The summed E-state index contributed by atoms with van der Waals surface area (Å²) in [7, 11) is -3.87. The molecule has 1 aromatic heterocycles. The van der Waals surface area contributed by atoms with E-state index >= 15 is 0 Å². The molecule has 1 aliphatic rings. The fraction of sp³-hybridized carbons (Fsp3) is 0.400. The van der Waals surface area contributed by atoms with Gasteiger partial charge in [0.1, 0.15) is 21.2 Å². The summed E-state index contributed by atoms with van der Waals surface area (Å²) in [6.45, 7) is 0.573. The fourth-order valence-electron chi connectivity index (χ4n) is 1.82. The van der Waals surface area contributed by atoms with Gasteiger partial charge in [0.05, 0.1) is 0 Å². The number of nitriles is 1. The molecule has 0 radical (unpaired) electrons. The van der Waals surface area contributed by atoms with E-state index in [1.54, 1.807) is 0 Å². The Bertz CT molecular complexity index is 631. The van der Waals surface area contributed by atoms with Crippen LogP contribution >= 0.6 is 11.3 Å². The van der Waals surface area contributed by atoms with E-state index in [4.69, 9.17) is 10.4 Å². The van der Waals surface area contributed by atoms with Gasteiger partial charge in [-0.25, -0.2) is 8.42 Å². The Morgan fingerprint density at radius 2 is 2.32 bits per heavy atom. The summed E-state index contributed by atoms with van der Waals surface area (Å²) in [6, 6.07) is 3.49. The van der Waals surface area contributed by atoms with Crippen LogP contribution in [0.1, 0.15) is 4.88 Å². The highest BCUT2D eigenvalue weighted by molar-refractivity contribution is 7.91. The molecule has 0 aromatic carbocycles. The van der Waals surface area contributed by atoms with Gasteiger partial charge < -0.3 is 10.4 Å². The van der Waals surface area contributed by atoms with Crippen LogP contribution in [0.25, 0.3) is 0 Å². The van der Waals surface area contributed by atoms with E-state index in [-0.39, 0.29) is 22.2 Å². The van der Waals surface area contributed by atoms with E-state index in [1.807, 2.05) is 6.07 Å². The van der Waals surface area contributed by atoms with Gasteiger partial charge in [-0.15, -0.1) is 11.3 Å². The zero-order valence-electron chi connectivity index (χ0n) is 9.74. The van der Waals surface area contributed by atoms with Gasteiger partial charge in [0.25, 0.3) is 10.0 Å². The molecule has 2 heterocycles. The molecule has 0 bridgehead atoms. The summed E-state index contributed by atoms with van der Waals surface area (Å²) in [4.78, 5) is 11.4. The highest BCUT2D eigenvalue weighted by atomic mass is 32.2. The van der Waals surface area contributed by atoms with Crippen LogP contribution in [0, 0.1) is 11.3 Å². The minimum Gasteiger partial charge on any atom is -0.480 e. The third kappa shape index (κ3) is 2.62. The van der Waals surface area contributed by atoms with Crippen molar-refractivity contribution >= 4 is 27.3 Å². The smallest absolute Gasteiger partial charge is 0.323 e. The molecule has 1 atom stereocenters. The van der Waals surface area contributed by atoms with Crippen LogP contribution in [0.4, 0.5) is 0 Å². The molecule has 0 aliphatic carbocycles. The van der Waals surface area contributed by atoms with Crippen molar-refractivity contribution in [2.24, 2.45) is 0 Å². The summed E-state index contributed by atoms with van der Waals surface area (Å²) in [5.41, 5.74) is 0. The molecular formula is C10H11N3O4S2. The van der Waals surface area contributed by atoms with Crippen LogP contribution in [0.5, 0.6) is 0 Å². The monoisotopic (exact) mass is 301 g/mol. The molecule has 1 fully saturated rings. The van der Waals surface area contributed by atoms with Gasteiger partial charge in [0.2, 0.25) is 0 Å². The van der Waals surface area contributed by atoms with Gasteiger partial charge in [-0.2, -0.15) is 9.57 Å². The Kier molecular flexibility index (Phi) is 3.86. The number of carboxylic acid groups (broad SMARTS) is 1. The molecule has 0 spiro atoms. The van der Waals surface area contributed by atoms with Crippen molar-refractivity contribution in [3.05, 3.63) is 17.0 Å².